The molecule has 2 atom stereocenters. The number of aryl methyl sites for hydroxylation is 2. The lowest BCUT2D eigenvalue weighted by Gasteiger charge is -2.25. The normalized spacial score (nSPS) is 14.1. The maximum absolute atomic E-state index is 6.28. The Morgan fingerprint density at radius 3 is 2.60 bits per heavy atom. The molecule has 2 N–H and O–H groups in total. The predicted molar refractivity (Wildman–Crippen MR) is 89.6 cm³/mol. The number of halogens is 1. The van der Waals surface area contributed by atoms with Crippen molar-refractivity contribution in [2.45, 2.75) is 39.3 Å². The van der Waals surface area contributed by atoms with Crippen molar-refractivity contribution in [1.29, 1.82) is 0 Å². The van der Waals surface area contributed by atoms with Crippen LogP contribution in [0, 0.1) is 13.8 Å². The Bertz CT molecular complexity index is 582. The van der Waals surface area contributed by atoms with Crippen LogP contribution in [0.15, 0.2) is 34.1 Å². The Balaban J connectivity index is 2.33. The summed E-state index contributed by atoms with van der Waals surface area (Å²) in [5.74, 6) is 0.890. The van der Waals surface area contributed by atoms with Crippen LogP contribution in [-0.4, -0.2) is 6.04 Å². The van der Waals surface area contributed by atoms with Crippen LogP contribution in [0.4, 0.5) is 0 Å². The van der Waals surface area contributed by atoms with Crippen LogP contribution in [0.5, 0.6) is 5.75 Å². The molecule has 20 heavy (non-hydrogen) atoms. The van der Waals surface area contributed by atoms with Gasteiger partial charge in [-0.05, 0) is 55.0 Å². The van der Waals surface area contributed by atoms with Gasteiger partial charge in [0.05, 0.1) is 0 Å². The molecule has 0 saturated heterocycles. The van der Waals surface area contributed by atoms with E-state index in [1.807, 2.05) is 12.1 Å². The van der Waals surface area contributed by atoms with Crippen molar-refractivity contribution in [2.24, 2.45) is 5.73 Å². The highest BCUT2D eigenvalue weighted by Crippen LogP contribution is 2.33. The summed E-state index contributed by atoms with van der Waals surface area (Å²) in [5.41, 5.74) is 8.65. The maximum Gasteiger partial charge on any atom is 0.148 e. The van der Waals surface area contributed by atoms with Crippen molar-refractivity contribution in [3.8, 4) is 5.75 Å². The van der Waals surface area contributed by atoms with Gasteiger partial charge in [-0.1, -0.05) is 28.9 Å². The SMILES string of the molecule is CCC(N)C(Oc1cc(Br)ccc1C)c1sccc1C. The first-order chi connectivity index (χ1) is 9.52. The first-order valence-electron chi connectivity index (χ1n) is 6.75. The van der Waals surface area contributed by atoms with E-state index in [1.165, 1.54) is 10.4 Å². The van der Waals surface area contributed by atoms with Gasteiger partial charge in [0, 0.05) is 15.4 Å². The molecule has 2 unspecified atom stereocenters. The topological polar surface area (TPSA) is 35.2 Å². The lowest BCUT2D eigenvalue weighted by molar-refractivity contribution is 0.173. The van der Waals surface area contributed by atoms with Crippen LogP contribution in [0.3, 0.4) is 0 Å². The zero-order valence-electron chi connectivity index (χ0n) is 12.0. The largest absolute Gasteiger partial charge is 0.483 e. The first kappa shape index (κ1) is 15.5. The molecule has 0 aliphatic carbocycles. The monoisotopic (exact) mass is 353 g/mol. The molecule has 1 aromatic carbocycles. The predicted octanol–water partition coefficient (Wildman–Crippen LogP) is 4.98. The molecule has 4 heteroatoms. The number of nitrogens with two attached hydrogens (primary N) is 1. The average molecular weight is 354 g/mol. The molecule has 2 rings (SSSR count). The van der Waals surface area contributed by atoms with Crippen molar-refractivity contribution in [3.05, 3.63) is 50.1 Å². The molecule has 0 bridgehead atoms. The first-order valence-corrected chi connectivity index (χ1v) is 8.42. The Labute approximate surface area is 133 Å². The molecule has 0 amide bonds. The van der Waals surface area contributed by atoms with Gasteiger partial charge in [-0.3, -0.25) is 0 Å². The van der Waals surface area contributed by atoms with Gasteiger partial charge in [0.2, 0.25) is 0 Å². The molecule has 0 radical (unpaired) electrons. The fourth-order valence-corrected chi connectivity index (χ4v) is 3.43. The second-order valence-corrected chi connectivity index (χ2v) is 6.85. The minimum absolute atomic E-state index is 0.00858. The highest BCUT2D eigenvalue weighted by Gasteiger charge is 2.24. The Morgan fingerprint density at radius 1 is 1.25 bits per heavy atom. The van der Waals surface area contributed by atoms with Crippen LogP contribution >= 0.6 is 27.3 Å². The van der Waals surface area contributed by atoms with Crippen LogP contribution < -0.4 is 10.5 Å². The maximum atomic E-state index is 6.28. The molecule has 0 fully saturated rings. The minimum Gasteiger partial charge on any atom is -0.483 e. The molecule has 0 saturated carbocycles. The molecule has 0 spiro atoms. The highest BCUT2D eigenvalue weighted by molar-refractivity contribution is 9.10. The quantitative estimate of drug-likeness (QED) is 0.821. The fourth-order valence-electron chi connectivity index (χ4n) is 2.06. The smallest absolute Gasteiger partial charge is 0.148 e. The van der Waals surface area contributed by atoms with Crippen molar-refractivity contribution in [1.82, 2.24) is 0 Å². The third-order valence-corrected chi connectivity index (χ3v) is 5.00. The summed E-state index contributed by atoms with van der Waals surface area (Å²) in [5, 5.41) is 2.09. The number of hydrogen-bond acceptors (Lipinski definition) is 3. The van der Waals surface area contributed by atoms with Crippen LogP contribution in [0.2, 0.25) is 0 Å². The van der Waals surface area contributed by atoms with E-state index >= 15 is 0 Å². The third-order valence-electron chi connectivity index (χ3n) is 3.42. The summed E-state index contributed by atoms with van der Waals surface area (Å²) in [6.45, 7) is 6.26. The lowest BCUT2D eigenvalue weighted by atomic mass is 10.1. The fraction of sp³-hybridized carbons (Fsp3) is 0.375. The van der Waals surface area contributed by atoms with Crippen LogP contribution in [0.25, 0.3) is 0 Å². The van der Waals surface area contributed by atoms with Gasteiger partial charge in [-0.15, -0.1) is 11.3 Å². The van der Waals surface area contributed by atoms with Crippen molar-refractivity contribution in [3.63, 3.8) is 0 Å². The zero-order valence-corrected chi connectivity index (χ0v) is 14.4. The van der Waals surface area contributed by atoms with Gasteiger partial charge in [-0.2, -0.15) is 0 Å². The van der Waals surface area contributed by atoms with E-state index in [0.29, 0.717) is 0 Å². The number of rotatable bonds is 5. The van der Waals surface area contributed by atoms with E-state index < -0.39 is 0 Å². The summed E-state index contributed by atoms with van der Waals surface area (Å²) >= 11 is 5.21. The number of thiophene rings is 1. The van der Waals surface area contributed by atoms with Crippen molar-refractivity contribution >= 4 is 27.3 Å². The summed E-state index contributed by atoms with van der Waals surface area (Å²) in [7, 11) is 0. The summed E-state index contributed by atoms with van der Waals surface area (Å²) in [6.07, 6.45) is 0.794. The Hall–Kier alpha value is -0.840. The number of benzene rings is 1. The molecule has 0 aliphatic heterocycles. The number of hydrogen-bond donors (Lipinski definition) is 1. The molecule has 2 nitrogen and oxygen atoms in total. The second-order valence-electron chi connectivity index (χ2n) is 4.99. The molecule has 108 valence electrons. The van der Waals surface area contributed by atoms with Gasteiger partial charge in [-0.25, -0.2) is 0 Å². The van der Waals surface area contributed by atoms with Gasteiger partial charge < -0.3 is 10.5 Å². The van der Waals surface area contributed by atoms with Crippen molar-refractivity contribution in [2.75, 3.05) is 0 Å². The highest BCUT2D eigenvalue weighted by atomic mass is 79.9. The lowest BCUT2D eigenvalue weighted by Crippen LogP contribution is -2.31. The van der Waals surface area contributed by atoms with E-state index in [1.54, 1.807) is 11.3 Å². The third kappa shape index (κ3) is 3.43. The van der Waals surface area contributed by atoms with Gasteiger partial charge in [0.15, 0.2) is 0 Å². The van der Waals surface area contributed by atoms with E-state index in [-0.39, 0.29) is 12.1 Å². The summed E-state index contributed by atoms with van der Waals surface area (Å²) in [4.78, 5) is 1.22. The zero-order chi connectivity index (χ0) is 14.7. The summed E-state index contributed by atoms with van der Waals surface area (Å²) < 4.78 is 7.28. The molecule has 1 aromatic heterocycles. The molecule has 1 heterocycles. The Morgan fingerprint density at radius 2 is 2.00 bits per heavy atom. The minimum atomic E-state index is -0.0898. The van der Waals surface area contributed by atoms with Crippen LogP contribution in [-0.2, 0) is 0 Å². The van der Waals surface area contributed by atoms with Crippen molar-refractivity contribution < 1.29 is 4.74 Å². The number of ether oxygens (including phenoxy) is 1. The van der Waals surface area contributed by atoms with Gasteiger partial charge in [0.1, 0.15) is 11.9 Å². The second kappa shape index (κ2) is 6.74. The molecular weight excluding hydrogens is 334 g/mol. The van der Waals surface area contributed by atoms with Gasteiger partial charge in [0.25, 0.3) is 0 Å². The Kier molecular flexibility index (Phi) is 5.24. The molecular formula is C16H20BrNOS. The average Bonchev–Trinajstić information content (AvgIpc) is 2.85. The van der Waals surface area contributed by atoms with E-state index in [2.05, 4.69) is 54.2 Å². The van der Waals surface area contributed by atoms with E-state index in [0.717, 1.165) is 22.2 Å². The molecule has 2 aromatic rings. The standard InChI is InChI=1S/C16H20BrNOS/c1-4-13(18)15(16-11(3)7-8-20-16)19-14-9-12(17)6-5-10(14)2/h5-9,13,15H,4,18H2,1-3H3. The van der Waals surface area contributed by atoms with E-state index in [9.17, 15) is 0 Å². The summed E-state index contributed by atoms with van der Waals surface area (Å²) in [6, 6.07) is 8.19. The van der Waals surface area contributed by atoms with Gasteiger partial charge >= 0.3 is 0 Å². The van der Waals surface area contributed by atoms with E-state index in [4.69, 9.17) is 10.5 Å². The molecule has 0 aliphatic rings. The van der Waals surface area contributed by atoms with Crippen LogP contribution in [0.1, 0.15) is 35.5 Å².